The van der Waals surface area contributed by atoms with Gasteiger partial charge >= 0.3 is 0 Å². The molecule has 0 radical (unpaired) electrons. The van der Waals surface area contributed by atoms with Gasteiger partial charge in [0.15, 0.2) is 18.1 Å². The molecular weight excluding hydrogens is 460 g/mol. The van der Waals surface area contributed by atoms with Gasteiger partial charge in [0.1, 0.15) is 17.2 Å². The monoisotopic (exact) mass is 478 g/mol. The third-order valence-electron chi connectivity index (χ3n) is 4.95. The molecule has 6 heteroatoms. The van der Waals surface area contributed by atoms with Crippen LogP contribution in [0.1, 0.15) is 31.8 Å². The van der Waals surface area contributed by atoms with Crippen molar-refractivity contribution >= 4 is 33.6 Å². The van der Waals surface area contributed by atoms with Crippen LogP contribution in [0.15, 0.2) is 70.9 Å². The average molecular weight is 479 g/mol. The first-order chi connectivity index (χ1) is 15.0. The Kier molecular flexibility index (Phi) is 5.91. The maximum atomic E-state index is 12.7. The van der Waals surface area contributed by atoms with Gasteiger partial charge in [-0.05, 0) is 67.1 Å². The quantitative estimate of drug-likeness (QED) is 0.338. The van der Waals surface area contributed by atoms with Gasteiger partial charge in [0.25, 0.3) is 0 Å². The van der Waals surface area contributed by atoms with Gasteiger partial charge in [-0.15, -0.1) is 0 Å². The Morgan fingerprint density at radius 2 is 1.87 bits per heavy atom. The lowest BCUT2D eigenvalue weighted by Crippen LogP contribution is -2.12. The molecule has 0 aromatic heterocycles. The standard InChI is InChI=1S/C25H19BrO5/c1-15-22(30-14-21(27)17-6-8-19(29-2)9-7-17)11-10-20-24(28)23(31-25(15)20)13-16-4-3-5-18(26)12-16/h3-13H,14H2,1-2H3/b23-13-. The molecule has 0 bridgehead atoms. The van der Waals surface area contributed by atoms with E-state index < -0.39 is 0 Å². The first kappa shape index (κ1) is 20.9. The zero-order chi connectivity index (χ0) is 22.0. The van der Waals surface area contributed by atoms with E-state index in [0.717, 1.165) is 10.0 Å². The second-order valence-corrected chi connectivity index (χ2v) is 7.92. The van der Waals surface area contributed by atoms with Crippen molar-refractivity contribution in [3.63, 3.8) is 0 Å². The van der Waals surface area contributed by atoms with E-state index in [1.54, 1.807) is 56.5 Å². The predicted octanol–water partition coefficient (Wildman–Crippen LogP) is 5.64. The zero-order valence-corrected chi connectivity index (χ0v) is 18.6. The number of hydrogen-bond donors (Lipinski definition) is 0. The fourth-order valence-corrected chi connectivity index (χ4v) is 3.69. The summed E-state index contributed by atoms with van der Waals surface area (Å²) in [5.41, 5.74) is 2.54. The molecule has 0 atom stereocenters. The van der Waals surface area contributed by atoms with E-state index in [9.17, 15) is 9.59 Å². The number of methoxy groups -OCH3 is 1. The van der Waals surface area contributed by atoms with Crippen molar-refractivity contribution < 1.29 is 23.8 Å². The molecule has 0 amide bonds. The van der Waals surface area contributed by atoms with E-state index in [0.29, 0.717) is 33.9 Å². The SMILES string of the molecule is COc1ccc(C(=O)COc2ccc3c(c2C)O/C(=C\c2cccc(Br)c2)C3=O)cc1. The molecule has 3 aromatic rings. The Balaban J connectivity index is 1.51. The van der Waals surface area contributed by atoms with Crippen LogP contribution < -0.4 is 14.2 Å². The molecule has 0 saturated carbocycles. The van der Waals surface area contributed by atoms with Crippen molar-refractivity contribution in [2.45, 2.75) is 6.92 Å². The van der Waals surface area contributed by atoms with Crippen molar-refractivity contribution in [2.24, 2.45) is 0 Å². The number of ether oxygens (including phenoxy) is 3. The summed E-state index contributed by atoms with van der Waals surface area (Å²) in [6.07, 6.45) is 1.71. The number of rotatable bonds is 6. The molecule has 1 heterocycles. The molecule has 0 saturated heterocycles. The van der Waals surface area contributed by atoms with E-state index in [-0.39, 0.29) is 23.9 Å². The van der Waals surface area contributed by atoms with Crippen LogP contribution in [-0.2, 0) is 0 Å². The highest BCUT2D eigenvalue weighted by molar-refractivity contribution is 9.10. The number of benzene rings is 3. The summed E-state index contributed by atoms with van der Waals surface area (Å²) in [5.74, 6) is 1.55. The van der Waals surface area contributed by atoms with Crippen LogP contribution >= 0.6 is 15.9 Å². The number of ketones is 2. The van der Waals surface area contributed by atoms with E-state index in [4.69, 9.17) is 14.2 Å². The molecule has 3 aromatic carbocycles. The van der Waals surface area contributed by atoms with Gasteiger partial charge in [-0.3, -0.25) is 9.59 Å². The molecule has 5 nitrogen and oxygen atoms in total. The third-order valence-corrected chi connectivity index (χ3v) is 5.45. The maximum absolute atomic E-state index is 12.7. The van der Waals surface area contributed by atoms with Crippen LogP contribution in [-0.4, -0.2) is 25.3 Å². The molecule has 0 fully saturated rings. The number of halogens is 1. The number of Topliss-reactive ketones (excluding diaryl/α,β-unsaturated/α-hetero) is 2. The minimum absolute atomic E-state index is 0.124. The fraction of sp³-hybridized carbons (Fsp3) is 0.120. The minimum Gasteiger partial charge on any atom is -0.497 e. The number of allylic oxidation sites excluding steroid dienone is 1. The maximum Gasteiger partial charge on any atom is 0.231 e. The highest BCUT2D eigenvalue weighted by atomic mass is 79.9. The summed E-state index contributed by atoms with van der Waals surface area (Å²) in [6.45, 7) is 1.68. The summed E-state index contributed by atoms with van der Waals surface area (Å²) in [6, 6.07) is 17.8. The van der Waals surface area contributed by atoms with Gasteiger partial charge in [0, 0.05) is 15.6 Å². The topological polar surface area (TPSA) is 61.8 Å². The van der Waals surface area contributed by atoms with Gasteiger partial charge in [-0.1, -0.05) is 28.1 Å². The van der Waals surface area contributed by atoms with Crippen LogP contribution in [0.2, 0.25) is 0 Å². The Bertz CT molecular complexity index is 1200. The van der Waals surface area contributed by atoms with Crippen molar-refractivity contribution in [1.82, 2.24) is 0 Å². The first-order valence-electron chi connectivity index (χ1n) is 9.59. The molecule has 1 aliphatic heterocycles. The fourth-order valence-electron chi connectivity index (χ4n) is 3.28. The number of carbonyl (C=O) groups is 2. The van der Waals surface area contributed by atoms with Crippen molar-refractivity contribution in [3.8, 4) is 17.2 Å². The highest BCUT2D eigenvalue weighted by Crippen LogP contribution is 2.39. The van der Waals surface area contributed by atoms with Gasteiger partial charge < -0.3 is 14.2 Å². The number of hydrogen-bond acceptors (Lipinski definition) is 5. The van der Waals surface area contributed by atoms with Crippen LogP contribution in [0.25, 0.3) is 6.08 Å². The average Bonchev–Trinajstić information content (AvgIpc) is 3.09. The molecule has 31 heavy (non-hydrogen) atoms. The normalized spacial score (nSPS) is 13.6. The molecule has 0 N–H and O–H groups in total. The van der Waals surface area contributed by atoms with Gasteiger partial charge in [0.05, 0.1) is 12.7 Å². The molecule has 0 unspecified atom stereocenters. The number of carbonyl (C=O) groups excluding carboxylic acids is 2. The van der Waals surface area contributed by atoms with E-state index in [1.165, 1.54) is 0 Å². The van der Waals surface area contributed by atoms with E-state index in [1.807, 2.05) is 24.3 Å². The van der Waals surface area contributed by atoms with Gasteiger partial charge in [-0.25, -0.2) is 0 Å². The Morgan fingerprint density at radius 1 is 1.10 bits per heavy atom. The Morgan fingerprint density at radius 3 is 2.58 bits per heavy atom. The lowest BCUT2D eigenvalue weighted by Gasteiger charge is -2.11. The molecule has 0 spiro atoms. The largest absolute Gasteiger partial charge is 0.497 e. The predicted molar refractivity (Wildman–Crippen MR) is 121 cm³/mol. The van der Waals surface area contributed by atoms with Crippen molar-refractivity contribution in [3.05, 3.63) is 93.1 Å². The zero-order valence-electron chi connectivity index (χ0n) is 17.0. The Hall–Kier alpha value is -3.38. The summed E-state index contributed by atoms with van der Waals surface area (Å²) in [5, 5.41) is 0. The highest BCUT2D eigenvalue weighted by Gasteiger charge is 2.30. The van der Waals surface area contributed by atoms with E-state index >= 15 is 0 Å². The van der Waals surface area contributed by atoms with Gasteiger partial charge in [0.2, 0.25) is 5.78 Å². The molecular formula is C25H19BrO5. The van der Waals surface area contributed by atoms with E-state index in [2.05, 4.69) is 15.9 Å². The smallest absolute Gasteiger partial charge is 0.231 e. The Labute approximate surface area is 188 Å². The minimum atomic E-state index is -0.182. The molecule has 156 valence electrons. The van der Waals surface area contributed by atoms with Gasteiger partial charge in [-0.2, -0.15) is 0 Å². The summed E-state index contributed by atoms with van der Waals surface area (Å²) in [4.78, 5) is 25.2. The lowest BCUT2D eigenvalue weighted by molar-refractivity contribution is 0.0920. The molecule has 0 aliphatic carbocycles. The van der Waals surface area contributed by atoms with Crippen LogP contribution in [0.3, 0.4) is 0 Å². The van der Waals surface area contributed by atoms with Crippen LogP contribution in [0.5, 0.6) is 17.2 Å². The first-order valence-corrected chi connectivity index (χ1v) is 10.4. The van der Waals surface area contributed by atoms with Crippen LogP contribution in [0, 0.1) is 6.92 Å². The second kappa shape index (κ2) is 8.78. The van der Waals surface area contributed by atoms with Crippen molar-refractivity contribution in [2.75, 3.05) is 13.7 Å². The van der Waals surface area contributed by atoms with Crippen LogP contribution in [0.4, 0.5) is 0 Å². The summed E-state index contributed by atoms with van der Waals surface area (Å²) in [7, 11) is 1.57. The van der Waals surface area contributed by atoms with Crippen molar-refractivity contribution in [1.29, 1.82) is 0 Å². The second-order valence-electron chi connectivity index (χ2n) is 7.00. The number of fused-ring (bicyclic) bond motifs is 1. The summed E-state index contributed by atoms with van der Waals surface area (Å²) >= 11 is 3.42. The lowest BCUT2D eigenvalue weighted by atomic mass is 10.1. The third kappa shape index (κ3) is 4.39. The molecule has 1 aliphatic rings. The summed E-state index contributed by atoms with van der Waals surface area (Å²) < 4.78 is 17.6. The molecule has 4 rings (SSSR count).